The van der Waals surface area contributed by atoms with E-state index in [1.165, 1.54) is 83.5 Å². The van der Waals surface area contributed by atoms with Crippen LogP contribution < -0.4 is 5.73 Å². The van der Waals surface area contributed by atoms with Crippen molar-refractivity contribution >= 4 is 13.8 Å². The van der Waals surface area contributed by atoms with Crippen LogP contribution in [0.5, 0.6) is 0 Å². The van der Waals surface area contributed by atoms with Crippen molar-refractivity contribution in [1.29, 1.82) is 0 Å². The second-order valence-corrected chi connectivity index (χ2v) is 15.6. The molecule has 54 heavy (non-hydrogen) atoms. The molecule has 3 N–H and O–H groups in total. The standard InChI is InChI=1S/C45H82NO7P/c1-3-5-7-9-11-13-15-17-18-19-20-21-22-23-24-25-27-29-31-33-35-37-40-50-42-44(43-52-54(48,49)51-41-39-46)53-45(47)38-36-34-32-30-28-26-16-14-12-10-8-6-4-2/h5,7,11,13,17-18,20-21,23-24,44H,3-4,6,8-10,12,14-16,19,22,25-43,46H2,1-2H3,(H,48,49)/b7-5-,13-11-,18-17-,21-20-,24-23-. The number of phosphoric acid groups is 1. The lowest BCUT2D eigenvalue weighted by Crippen LogP contribution is -2.28. The molecular weight excluding hydrogens is 697 g/mol. The van der Waals surface area contributed by atoms with Gasteiger partial charge >= 0.3 is 13.8 Å². The Morgan fingerprint density at radius 2 is 1.04 bits per heavy atom. The topological polar surface area (TPSA) is 117 Å². The van der Waals surface area contributed by atoms with Crippen LogP contribution in [0.1, 0.15) is 181 Å². The van der Waals surface area contributed by atoms with Crippen molar-refractivity contribution in [3.05, 3.63) is 60.8 Å². The summed E-state index contributed by atoms with van der Waals surface area (Å²) in [5.74, 6) is -0.337. The Labute approximate surface area is 332 Å². The van der Waals surface area contributed by atoms with E-state index in [-0.39, 0.29) is 32.3 Å². The van der Waals surface area contributed by atoms with Crippen molar-refractivity contribution in [2.24, 2.45) is 5.73 Å². The van der Waals surface area contributed by atoms with Crippen LogP contribution >= 0.6 is 7.82 Å². The highest BCUT2D eigenvalue weighted by molar-refractivity contribution is 7.47. The summed E-state index contributed by atoms with van der Waals surface area (Å²) in [6.07, 6.45) is 50.9. The van der Waals surface area contributed by atoms with Crippen molar-refractivity contribution in [2.45, 2.75) is 187 Å². The maximum atomic E-state index is 12.6. The summed E-state index contributed by atoms with van der Waals surface area (Å²) in [4.78, 5) is 22.5. The van der Waals surface area contributed by atoms with E-state index in [1.54, 1.807) is 0 Å². The van der Waals surface area contributed by atoms with Crippen LogP contribution in [0.4, 0.5) is 0 Å². The molecule has 8 nitrogen and oxygen atoms in total. The number of allylic oxidation sites excluding steroid dienone is 10. The van der Waals surface area contributed by atoms with E-state index in [1.807, 2.05) is 0 Å². The predicted molar refractivity (Wildman–Crippen MR) is 229 cm³/mol. The van der Waals surface area contributed by atoms with Gasteiger partial charge < -0.3 is 20.1 Å². The highest BCUT2D eigenvalue weighted by atomic mass is 31.2. The number of esters is 1. The smallest absolute Gasteiger partial charge is 0.457 e. The minimum atomic E-state index is -4.28. The van der Waals surface area contributed by atoms with E-state index >= 15 is 0 Å². The molecule has 0 saturated heterocycles. The maximum Gasteiger partial charge on any atom is 0.472 e. The number of rotatable bonds is 41. The van der Waals surface area contributed by atoms with E-state index < -0.39 is 13.9 Å². The fourth-order valence-electron chi connectivity index (χ4n) is 5.79. The minimum absolute atomic E-state index is 0.0961. The summed E-state index contributed by atoms with van der Waals surface area (Å²) < 4.78 is 33.4. The second kappa shape index (κ2) is 42.3. The monoisotopic (exact) mass is 780 g/mol. The Hall–Kier alpha value is -1.80. The Kier molecular flexibility index (Phi) is 40.9. The molecule has 0 aromatic carbocycles. The molecule has 0 aliphatic rings. The summed E-state index contributed by atoms with van der Waals surface area (Å²) in [6.45, 7) is 4.77. The third kappa shape index (κ3) is 41.4. The van der Waals surface area contributed by atoms with Gasteiger partial charge in [-0.15, -0.1) is 0 Å². The molecule has 0 rings (SSSR count). The molecule has 0 saturated carbocycles. The molecule has 314 valence electrons. The van der Waals surface area contributed by atoms with E-state index in [0.29, 0.717) is 13.0 Å². The van der Waals surface area contributed by atoms with E-state index in [4.69, 9.17) is 24.3 Å². The van der Waals surface area contributed by atoms with Gasteiger partial charge in [0.25, 0.3) is 0 Å². The van der Waals surface area contributed by atoms with Crippen LogP contribution in [0.2, 0.25) is 0 Å². The van der Waals surface area contributed by atoms with Gasteiger partial charge in [-0.2, -0.15) is 0 Å². The lowest BCUT2D eigenvalue weighted by atomic mass is 10.0. The first kappa shape index (κ1) is 52.2. The normalized spacial score (nSPS) is 14.1. The zero-order valence-electron chi connectivity index (χ0n) is 34.7. The zero-order chi connectivity index (χ0) is 39.5. The molecule has 0 aromatic rings. The highest BCUT2D eigenvalue weighted by Gasteiger charge is 2.25. The quantitative estimate of drug-likeness (QED) is 0.0273. The third-order valence-corrected chi connectivity index (χ3v) is 9.93. The van der Waals surface area contributed by atoms with Crippen molar-refractivity contribution in [1.82, 2.24) is 0 Å². The number of carbonyl (C=O) groups is 1. The first-order valence-electron chi connectivity index (χ1n) is 21.8. The van der Waals surface area contributed by atoms with Gasteiger partial charge in [-0.3, -0.25) is 13.8 Å². The number of hydrogen-bond acceptors (Lipinski definition) is 7. The van der Waals surface area contributed by atoms with Gasteiger partial charge in [-0.05, 0) is 57.8 Å². The molecule has 2 unspecified atom stereocenters. The average Bonchev–Trinajstić information content (AvgIpc) is 3.16. The molecule has 0 aliphatic heterocycles. The minimum Gasteiger partial charge on any atom is -0.457 e. The zero-order valence-corrected chi connectivity index (χ0v) is 35.6. The van der Waals surface area contributed by atoms with Crippen molar-refractivity contribution < 1.29 is 32.8 Å². The van der Waals surface area contributed by atoms with Gasteiger partial charge in [-0.25, -0.2) is 4.57 Å². The SMILES string of the molecule is CC/C=C\C/C=C\C/C=C\C/C=C\C/C=C\CCCCCCCCOCC(COP(=O)(O)OCCN)OC(=O)CCCCCCCCCCCCCCC. The van der Waals surface area contributed by atoms with Gasteiger partial charge in [0.05, 0.1) is 19.8 Å². The van der Waals surface area contributed by atoms with Crippen molar-refractivity contribution in [2.75, 3.05) is 33.0 Å². The van der Waals surface area contributed by atoms with Gasteiger partial charge in [0.1, 0.15) is 6.10 Å². The van der Waals surface area contributed by atoms with Crippen molar-refractivity contribution in [3.63, 3.8) is 0 Å². The van der Waals surface area contributed by atoms with Crippen molar-refractivity contribution in [3.8, 4) is 0 Å². The van der Waals surface area contributed by atoms with Gasteiger partial charge in [-0.1, -0.05) is 177 Å². The lowest BCUT2D eigenvalue weighted by Gasteiger charge is -2.20. The molecule has 0 aromatic heterocycles. The third-order valence-electron chi connectivity index (χ3n) is 8.95. The van der Waals surface area contributed by atoms with E-state index in [2.05, 4.69) is 74.6 Å². The molecule has 2 atom stereocenters. The number of unbranched alkanes of at least 4 members (excludes halogenated alkanes) is 18. The van der Waals surface area contributed by atoms with Gasteiger partial charge in [0.15, 0.2) is 0 Å². The molecule has 0 spiro atoms. The molecule has 0 heterocycles. The van der Waals surface area contributed by atoms with Crippen LogP contribution in [-0.4, -0.2) is 49.9 Å². The molecule has 0 aliphatic carbocycles. The molecule has 0 radical (unpaired) electrons. The maximum absolute atomic E-state index is 12.6. The molecule has 0 fully saturated rings. The Balaban J connectivity index is 4.04. The van der Waals surface area contributed by atoms with Crippen LogP contribution in [0.25, 0.3) is 0 Å². The van der Waals surface area contributed by atoms with Crippen LogP contribution in [0.15, 0.2) is 60.8 Å². The number of carbonyl (C=O) groups excluding carboxylic acids is 1. The van der Waals surface area contributed by atoms with E-state index in [0.717, 1.165) is 77.0 Å². The summed E-state index contributed by atoms with van der Waals surface area (Å²) >= 11 is 0. The molecule has 9 heteroatoms. The number of hydrogen-bond donors (Lipinski definition) is 2. The Bertz CT molecular complexity index is 1010. The summed E-state index contributed by atoms with van der Waals surface area (Å²) in [5.41, 5.74) is 5.37. The number of phosphoric ester groups is 1. The Morgan fingerprint density at radius 3 is 1.56 bits per heavy atom. The van der Waals surface area contributed by atoms with Crippen LogP contribution in [0.3, 0.4) is 0 Å². The van der Waals surface area contributed by atoms with Crippen LogP contribution in [-0.2, 0) is 27.9 Å². The number of nitrogens with two attached hydrogens (primary N) is 1. The molecular formula is C45H82NO7P. The fourth-order valence-corrected chi connectivity index (χ4v) is 6.55. The Morgan fingerprint density at radius 1 is 0.574 bits per heavy atom. The van der Waals surface area contributed by atoms with Gasteiger partial charge in [0, 0.05) is 19.6 Å². The first-order chi connectivity index (χ1) is 26.4. The van der Waals surface area contributed by atoms with E-state index in [9.17, 15) is 14.3 Å². The highest BCUT2D eigenvalue weighted by Crippen LogP contribution is 2.43. The number of ether oxygens (including phenoxy) is 2. The lowest BCUT2D eigenvalue weighted by molar-refractivity contribution is -0.154. The molecule has 0 amide bonds. The predicted octanol–water partition coefficient (Wildman–Crippen LogP) is 13.0. The molecule has 0 bridgehead atoms. The van der Waals surface area contributed by atoms with Crippen LogP contribution in [0, 0.1) is 0 Å². The largest absolute Gasteiger partial charge is 0.472 e. The summed E-state index contributed by atoms with van der Waals surface area (Å²) in [7, 11) is -4.28. The summed E-state index contributed by atoms with van der Waals surface area (Å²) in [5, 5.41) is 0. The first-order valence-corrected chi connectivity index (χ1v) is 23.3. The fraction of sp³-hybridized carbons (Fsp3) is 0.756. The van der Waals surface area contributed by atoms with Gasteiger partial charge in [0.2, 0.25) is 0 Å². The second-order valence-electron chi connectivity index (χ2n) is 14.2. The summed E-state index contributed by atoms with van der Waals surface area (Å²) in [6, 6.07) is 0. The average molecular weight is 780 g/mol.